The van der Waals surface area contributed by atoms with E-state index in [0.29, 0.717) is 19.3 Å². The summed E-state index contributed by atoms with van der Waals surface area (Å²) in [6.45, 7) is 6.17. The molecule has 0 aliphatic carbocycles. The van der Waals surface area contributed by atoms with Crippen LogP contribution in [0.5, 0.6) is 0 Å². The first-order valence-electron chi connectivity index (χ1n) is 27.0. The molecule has 1 atom stereocenters. The summed E-state index contributed by atoms with van der Waals surface area (Å²) >= 11 is 0. The average Bonchev–Trinajstić information content (AvgIpc) is 3.35. The molecule has 0 aromatic rings. The third-order valence-corrected chi connectivity index (χ3v) is 10.6. The molecule has 0 spiro atoms. The lowest BCUT2D eigenvalue weighted by Crippen LogP contribution is -2.30. The molecule has 0 heterocycles. The van der Waals surface area contributed by atoms with Gasteiger partial charge in [-0.05, 0) is 116 Å². The lowest BCUT2D eigenvalue weighted by molar-refractivity contribution is -0.167. The topological polar surface area (TPSA) is 78.9 Å². The van der Waals surface area contributed by atoms with Crippen LogP contribution in [0, 0.1) is 0 Å². The second-order valence-corrected chi connectivity index (χ2v) is 17.1. The Balaban J connectivity index is 4.58. The van der Waals surface area contributed by atoms with Gasteiger partial charge in [0, 0.05) is 19.3 Å². The van der Waals surface area contributed by atoms with Gasteiger partial charge in [-0.1, -0.05) is 224 Å². The summed E-state index contributed by atoms with van der Waals surface area (Å²) in [5.41, 5.74) is 0. The van der Waals surface area contributed by atoms with Crippen LogP contribution >= 0.6 is 0 Å². The lowest BCUT2D eigenvalue weighted by Gasteiger charge is -2.18. The lowest BCUT2D eigenvalue weighted by atomic mass is 10.1. The predicted octanol–water partition coefficient (Wildman–Crippen LogP) is 18.2. The number of rotatable bonds is 46. The fraction of sp³-hybridized carbons (Fsp3) is 0.540. The molecule has 0 aromatic carbocycles. The summed E-state index contributed by atoms with van der Waals surface area (Å²) in [7, 11) is 0. The number of hydrogen-bond acceptors (Lipinski definition) is 6. The van der Waals surface area contributed by atoms with Crippen molar-refractivity contribution in [2.75, 3.05) is 13.2 Å². The molecule has 0 amide bonds. The van der Waals surface area contributed by atoms with Gasteiger partial charge >= 0.3 is 17.9 Å². The Hall–Kier alpha value is -4.97. The molecule has 0 bridgehead atoms. The fourth-order valence-corrected chi connectivity index (χ4v) is 6.65. The number of esters is 3. The van der Waals surface area contributed by atoms with Gasteiger partial charge in [0.15, 0.2) is 6.10 Å². The molecule has 6 heteroatoms. The maximum Gasteiger partial charge on any atom is 0.306 e. The maximum absolute atomic E-state index is 12.8. The quantitative estimate of drug-likeness (QED) is 0.0199. The van der Waals surface area contributed by atoms with E-state index in [2.05, 4.69) is 154 Å². The van der Waals surface area contributed by atoms with Gasteiger partial charge in [0.2, 0.25) is 0 Å². The van der Waals surface area contributed by atoms with Crippen molar-refractivity contribution >= 4 is 17.9 Å². The molecule has 0 aromatic heterocycles. The Morgan fingerprint density at radius 2 is 0.609 bits per heavy atom. The number of allylic oxidation sites excluding steroid dienone is 26. The molecule has 0 saturated carbocycles. The Bertz CT molecular complexity index is 1610. The molecule has 0 N–H and O–H groups in total. The standard InChI is InChI=1S/C63H96O6/c1-4-7-10-13-16-19-22-25-28-30-31-33-35-38-41-44-47-50-53-56-62(65)68-59-60(58-67-61(64)55-52-49-46-43-40-37-34-27-24-21-18-15-12-9-6-3)69-63(66)57-54-51-48-45-42-39-36-32-29-26-23-20-17-14-11-8-5-2/h7-12,15-21,24-29,31,33-34,36,39,45,48,60H,4-6,13-14,22-23,30,32,35,37-38,40-44,46-47,49-59H2,1-3H3/b10-7-,11-8-,12-9-,18-15-,19-16-,20-17-,24-21-,28-25-,29-26-,33-31-,34-27-,39-36-,48-45-. The van der Waals surface area contributed by atoms with Gasteiger partial charge in [-0.25, -0.2) is 0 Å². The van der Waals surface area contributed by atoms with Crippen LogP contribution in [0.2, 0.25) is 0 Å². The van der Waals surface area contributed by atoms with Crippen LogP contribution in [0.3, 0.4) is 0 Å². The van der Waals surface area contributed by atoms with Crippen molar-refractivity contribution in [3.05, 3.63) is 158 Å². The first kappa shape index (κ1) is 64.0. The number of hydrogen-bond donors (Lipinski definition) is 0. The Kier molecular flexibility index (Phi) is 51.6. The number of carbonyl (C=O) groups is 3. The number of ether oxygens (including phenoxy) is 3. The highest BCUT2D eigenvalue weighted by molar-refractivity contribution is 5.71. The zero-order valence-corrected chi connectivity index (χ0v) is 43.8. The Morgan fingerprint density at radius 1 is 0.304 bits per heavy atom. The Morgan fingerprint density at radius 3 is 1.03 bits per heavy atom. The molecule has 0 aliphatic heterocycles. The molecular formula is C63H96O6. The second-order valence-electron chi connectivity index (χ2n) is 17.1. The monoisotopic (exact) mass is 949 g/mol. The van der Waals surface area contributed by atoms with Crippen LogP contribution < -0.4 is 0 Å². The minimum Gasteiger partial charge on any atom is -0.462 e. The molecule has 0 fully saturated rings. The van der Waals surface area contributed by atoms with Crippen molar-refractivity contribution in [1.29, 1.82) is 0 Å². The first-order chi connectivity index (χ1) is 34.0. The Labute approximate surface area is 422 Å². The van der Waals surface area contributed by atoms with E-state index >= 15 is 0 Å². The SMILES string of the molecule is CC\C=C/C=C\C=C/C=C\CCCCCCCC(=O)OCC(COC(=O)CCCCCCCC/C=C\C/C=C\C/C=C\C/C=C\CC)OC(=O)CCC/C=C\C/C=C\C/C=C\C/C=C\C/C=C\CC. The van der Waals surface area contributed by atoms with Gasteiger partial charge < -0.3 is 14.2 Å². The van der Waals surface area contributed by atoms with Crippen molar-refractivity contribution in [2.45, 2.75) is 207 Å². The third kappa shape index (κ3) is 53.8. The molecule has 6 nitrogen and oxygen atoms in total. The molecule has 0 radical (unpaired) electrons. The molecule has 0 rings (SSSR count). The van der Waals surface area contributed by atoms with E-state index < -0.39 is 6.10 Å². The van der Waals surface area contributed by atoms with Crippen LogP contribution in [0.4, 0.5) is 0 Å². The van der Waals surface area contributed by atoms with Gasteiger partial charge in [-0.15, -0.1) is 0 Å². The minimum atomic E-state index is -0.832. The predicted molar refractivity (Wildman–Crippen MR) is 297 cm³/mol. The van der Waals surface area contributed by atoms with Crippen molar-refractivity contribution in [1.82, 2.24) is 0 Å². The van der Waals surface area contributed by atoms with Gasteiger partial charge in [-0.2, -0.15) is 0 Å². The molecule has 69 heavy (non-hydrogen) atoms. The number of carbonyl (C=O) groups excluding carboxylic acids is 3. The molecule has 1 unspecified atom stereocenters. The normalized spacial score (nSPS) is 13.4. The van der Waals surface area contributed by atoms with Crippen LogP contribution in [0.25, 0.3) is 0 Å². The smallest absolute Gasteiger partial charge is 0.306 e. The van der Waals surface area contributed by atoms with Crippen molar-refractivity contribution in [3.63, 3.8) is 0 Å². The maximum atomic E-state index is 12.8. The van der Waals surface area contributed by atoms with Crippen LogP contribution in [-0.4, -0.2) is 37.2 Å². The summed E-state index contributed by atoms with van der Waals surface area (Å²) in [5.74, 6) is -1.03. The second kappa shape index (κ2) is 55.6. The van der Waals surface area contributed by atoms with E-state index in [4.69, 9.17) is 14.2 Å². The largest absolute Gasteiger partial charge is 0.462 e. The number of unbranched alkanes of at least 4 members (excludes halogenated alkanes) is 12. The third-order valence-electron chi connectivity index (χ3n) is 10.6. The van der Waals surface area contributed by atoms with E-state index in [9.17, 15) is 14.4 Å². The summed E-state index contributed by atoms with van der Waals surface area (Å²) in [5, 5.41) is 0. The van der Waals surface area contributed by atoms with Gasteiger partial charge in [-0.3, -0.25) is 14.4 Å². The zero-order valence-electron chi connectivity index (χ0n) is 43.8. The highest BCUT2D eigenvalue weighted by Crippen LogP contribution is 2.12. The van der Waals surface area contributed by atoms with Gasteiger partial charge in [0.05, 0.1) is 0 Å². The van der Waals surface area contributed by atoms with Crippen molar-refractivity contribution in [2.24, 2.45) is 0 Å². The molecule has 384 valence electrons. The first-order valence-corrected chi connectivity index (χ1v) is 27.0. The van der Waals surface area contributed by atoms with Crippen LogP contribution in [0.15, 0.2) is 158 Å². The highest BCUT2D eigenvalue weighted by atomic mass is 16.6. The van der Waals surface area contributed by atoms with Crippen molar-refractivity contribution in [3.8, 4) is 0 Å². The average molecular weight is 949 g/mol. The van der Waals surface area contributed by atoms with E-state index in [1.807, 2.05) is 24.3 Å². The van der Waals surface area contributed by atoms with Gasteiger partial charge in [0.1, 0.15) is 13.2 Å². The molecular weight excluding hydrogens is 853 g/mol. The zero-order chi connectivity index (χ0) is 50.0. The summed E-state index contributed by atoms with van der Waals surface area (Å²) in [4.78, 5) is 38.1. The summed E-state index contributed by atoms with van der Waals surface area (Å²) in [6.07, 6.45) is 80.9. The fourth-order valence-electron chi connectivity index (χ4n) is 6.65. The molecule has 0 aliphatic rings. The van der Waals surface area contributed by atoms with E-state index in [-0.39, 0.29) is 37.5 Å². The minimum absolute atomic E-state index is 0.124. The van der Waals surface area contributed by atoms with Crippen molar-refractivity contribution < 1.29 is 28.6 Å². The van der Waals surface area contributed by atoms with E-state index in [1.54, 1.807) is 0 Å². The van der Waals surface area contributed by atoms with Gasteiger partial charge in [0.25, 0.3) is 0 Å². The summed E-state index contributed by atoms with van der Waals surface area (Å²) in [6, 6.07) is 0. The van der Waals surface area contributed by atoms with Crippen LogP contribution in [-0.2, 0) is 28.6 Å². The summed E-state index contributed by atoms with van der Waals surface area (Å²) < 4.78 is 16.8. The van der Waals surface area contributed by atoms with E-state index in [0.717, 1.165) is 141 Å². The molecule has 0 saturated heterocycles. The van der Waals surface area contributed by atoms with Crippen LogP contribution in [0.1, 0.15) is 201 Å². The highest BCUT2D eigenvalue weighted by Gasteiger charge is 2.19. The van der Waals surface area contributed by atoms with E-state index in [1.165, 1.54) is 12.8 Å².